The van der Waals surface area contributed by atoms with E-state index in [1.807, 2.05) is 18.2 Å². The van der Waals surface area contributed by atoms with Crippen molar-refractivity contribution < 1.29 is 27.8 Å². The summed E-state index contributed by atoms with van der Waals surface area (Å²) in [5.41, 5.74) is 0.904. The van der Waals surface area contributed by atoms with E-state index in [9.17, 15) is 13.6 Å². The van der Waals surface area contributed by atoms with Crippen LogP contribution in [0.5, 0.6) is 11.5 Å². The largest absolute Gasteiger partial charge is 0.586 e. The van der Waals surface area contributed by atoms with Crippen LogP contribution in [0.4, 0.5) is 8.78 Å². The monoisotopic (exact) mass is 485 g/mol. The molecule has 0 bridgehead atoms. The van der Waals surface area contributed by atoms with Crippen LogP contribution < -0.4 is 14.8 Å². The van der Waals surface area contributed by atoms with Crippen molar-refractivity contribution in [1.29, 1.82) is 0 Å². The number of rotatable bonds is 9. The van der Waals surface area contributed by atoms with Gasteiger partial charge in [-0.3, -0.25) is 4.79 Å². The topological polar surface area (TPSA) is 56.8 Å². The molecule has 5 nitrogen and oxygen atoms in total. The van der Waals surface area contributed by atoms with E-state index < -0.39 is 11.7 Å². The van der Waals surface area contributed by atoms with Gasteiger partial charge in [-0.15, -0.1) is 8.78 Å². The van der Waals surface area contributed by atoms with Crippen LogP contribution in [-0.4, -0.2) is 30.5 Å². The summed E-state index contributed by atoms with van der Waals surface area (Å²) in [4.78, 5) is 13.5. The zero-order chi connectivity index (χ0) is 25.2. The molecule has 1 aliphatic carbocycles. The van der Waals surface area contributed by atoms with Crippen LogP contribution in [0.15, 0.2) is 67.3 Å². The maximum atomic E-state index is 13.5. The van der Waals surface area contributed by atoms with Gasteiger partial charge in [-0.1, -0.05) is 69.9 Å². The minimum absolute atomic E-state index is 0.00248. The lowest BCUT2D eigenvalue weighted by Gasteiger charge is -2.39. The standard InChI is InChI=1S/C28H33F2NO4/c1-5-8-10-19(9-6-2)24-17-21(16-23(33-24)18(4)7-3)31-26(32)27(13-14-27)20-11-12-22-25(15-20)35-28(29,30)34-22/h5-6,8-12,15,18,21,23-24H,1-2,7,13-14,16-17H2,3-4H3,(H,31,32)/b10-8-,19-9+/t18?,21-,23+,24-/m1/s1. The smallest absolute Gasteiger partial charge is 0.395 e. The zero-order valence-corrected chi connectivity index (χ0v) is 20.3. The average Bonchev–Trinajstić information content (AvgIpc) is 3.58. The van der Waals surface area contributed by atoms with Crippen LogP contribution in [0.3, 0.4) is 0 Å². The molecule has 2 fully saturated rings. The summed E-state index contributed by atoms with van der Waals surface area (Å²) in [6.45, 7) is 11.9. The summed E-state index contributed by atoms with van der Waals surface area (Å²) < 4.78 is 42.5. The summed E-state index contributed by atoms with van der Waals surface area (Å²) in [5, 5.41) is 3.26. The number of allylic oxidation sites excluding steroid dienone is 4. The van der Waals surface area contributed by atoms with Gasteiger partial charge < -0.3 is 19.5 Å². The number of alkyl halides is 2. The molecule has 7 heteroatoms. The summed E-state index contributed by atoms with van der Waals surface area (Å²) in [6, 6.07) is 4.54. The van der Waals surface area contributed by atoms with Gasteiger partial charge in [-0.25, -0.2) is 0 Å². The molecule has 2 aliphatic heterocycles. The highest BCUT2D eigenvalue weighted by Gasteiger charge is 2.53. The molecule has 2 heterocycles. The quantitative estimate of drug-likeness (QED) is 0.438. The molecule has 0 spiro atoms. The Morgan fingerprint density at radius 3 is 2.60 bits per heavy atom. The fourth-order valence-electron chi connectivity index (χ4n) is 4.85. The van der Waals surface area contributed by atoms with Crippen molar-refractivity contribution in [3.05, 3.63) is 72.9 Å². The molecule has 188 valence electrons. The van der Waals surface area contributed by atoms with Gasteiger partial charge in [0.1, 0.15) is 0 Å². The lowest BCUT2D eigenvalue weighted by molar-refractivity contribution is -0.286. The predicted molar refractivity (Wildman–Crippen MR) is 130 cm³/mol. The number of fused-ring (bicyclic) bond motifs is 1. The van der Waals surface area contributed by atoms with E-state index in [0.29, 0.717) is 37.2 Å². The van der Waals surface area contributed by atoms with E-state index in [0.717, 1.165) is 12.0 Å². The Hall–Kier alpha value is -2.93. The molecule has 1 aromatic carbocycles. The molecule has 1 saturated heterocycles. The van der Waals surface area contributed by atoms with E-state index in [1.165, 1.54) is 12.1 Å². The molecule has 35 heavy (non-hydrogen) atoms. The SMILES string of the molecule is C=C/C=C\C(=C/C=C)[C@H]1C[C@H](NC(=O)C2(c3ccc4c(c3)OC(F)(F)O4)CC2)C[C@@H](C(C)CC)O1. The summed E-state index contributed by atoms with van der Waals surface area (Å²) >= 11 is 0. The molecule has 4 atom stereocenters. The van der Waals surface area contributed by atoms with Gasteiger partial charge in [0.15, 0.2) is 11.5 Å². The van der Waals surface area contributed by atoms with Crippen molar-refractivity contribution >= 4 is 5.91 Å². The summed E-state index contributed by atoms with van der Waals surface area (Å²) in [6.07, 6.45) is 8.93. The predicted octanol–water partition coefficient (Wildman–Crippen LogP) is 5.97. The van der Waals surface area contributed by atoms with Crippen molar-refractivity contribution in [1.82, 2.24) is 5.32 Å². The number of halogens is 2. The van der Waals surface area contributed by atoms with Crippen molar-refractivity contribution in [3.8, 4) is 11.5 Å². The lowest BCUT2D eigenvalue weighted by atomic mass is 9.87. The van der Waals surface area contributed by atoms with Gasteiger partial charge in [-0.05, 0) is 54.9 Å². The molecule has 1 unspecified atom stereocenters. The van der Waals surface area contributed by atoms with E-state index in [-0.39, 0.29) is 35.7 Å². The second-order valence-electron chi connectivity index (χ2n) is 9.60. The Morgan fingerprint density at radius 1 is 1.20 bits per heavy atom. The molecule has 1 aromatic rings. The van der Waals surface area contributed by atoms with E-state index >= 15 is 0 Å². The Kier molecular flexibility index (Phi) is 7.17. The normalized spacial score (nSPS) is 27.3. The first-order valence-electron chi connectivity index (χ1n) is 12.2. The summed E-state index contributed by atoms with van der Waals surface area (Å²) in [5.74, 6) is 0.180. The average molecular weight is 486 g/mol. The second kappa shape index (κ2) is 9.97. The van der Waals surface area contributed by atoms with Crippen LogP contribution in [0.25, 0.3) is 0 Å². The third kappa shape index (κ3) is 5.35. The molecular formula is C28H33F2NO4. The van der Waals surface area contributed by atoms with Crippen molar-refractivity contribution in [2.45, 2.75) is 75.9 Å². The molecule has 0 radical (unpaired) electrons. The number of carbonyl (C=O) groups is 1. The van der Waals surface area contributed by atoms with Crippen molar-refractivity contribution in [2.75, 3.05) is 0 Å². The van der Waals surface area contributed by atoms with E-state index in [1.54, 1.807) is 18.2 Å². The molecule has 4 rings (SSSR count). The van der Waals surface area contributed by atoms with Crippen LogP contribution in [0.1, 0.15) is 51.5 Å². The van der Waals surface area contributed by atoms with Crippen LogP contribution in [0.2, 0.25) is 0 Å². The lowest BCUT2D eigenvalue weighted by Crippen LogP contribution is -2.49. The minimum atomic E-state index is -3.68. The molecule has 1 N–H and O–H groups in total. The van der Waals surface area contributed by atoms with Crippen molar-refractivity contribution in [2.24, 2.45) is 5.92 Å². The first kappa shape index (κ1) is 25.2. The second-order valence-corrected chi connectivity index (χ2v) is 9.60. The van der Waals surface area contributed by atoms with Gasteiger partial charge in [0.05, 0.1) is 17.6 Å². The van der Waals surface area contributed by atoms with Crippen LogP contribution >= 0.6 is 0 Å². The molecular weight excluding hydrogens is 452 g/mol. The Morgan fingerprint density at radius 2 is 1.94 bits per heavy atom. The van der Waals surface area contributed by atoms with Gasteiger partial charge in [0, 0.05) is 6.04 Å². The van der Waals surface area contributed by atoms with Gasteiger partial charge in [0.25, 0.3) is 0 Å². The number of carbonyl (C=O) groups excluding carboxylic acids is 1. The third-order valence-corrected chi connectivity index (χ3v) is 7.21. The molecule has 1 amide bonds. The zero-order valence-electron chi connectivity index (χ0n) is 20.3. The molecule has 3 aliphatic rings. The van der Waals surface area contributed by atoms with Crippen LogP contribution in [-0.2, 0) is 14.9 Å². The van der Waals surface area contributed by atoms with Gasteiger partial charge >= 0.3 is 6.29 Å². The first-order chi connectivity index (χ1) is 16.7. The fraction of sp³-hybridized carbons (Fsp3) is 0.464. The third-order valence-electron chi connectivity index (χ3n) is 7.21. The number of hydrogen-bond acceptors (Lipinski definition) is 4. The summed E-state index contributed by atoms with van der Waals surface area (Å²) in [7, 11) is 0. The first-order valence-corrected chi connectivity index (χ1v) is 12.2. The fourth-order valence-corrected chi connectivity index (χ4v) is 4.85. The maximum absolute atomic E-state index is 13.5. The number of amides is 1. The van der Waals surface area contributed by atoms with Gasteiger partial charge in [-0.2, -0.15) is 0 Å². The van der Waals surface area contributed by atoms with E-state index in [4.69, 9.17) is 4.74 Å². The highest BCUT2D eigenvalue weighted by Crippen LogP contribution is 2.52. The maximum Gasteiger partial charge on any atom is 0.586 e. The minimum Gasteiger partial charge on any atom is -0.395 e. The number of ether oxygens (including phenoxy) is 3. The van der Waals surface area contributed by atoms with Gasteiger partial charge in [0.2, 0.25) is 5.91 Å². The van der Waals surface area contributed by atoms with Crippen molar-refractivity contribution in [3.63, 3.8) is 0 Å². The van der Waals surface area contributed by atoms with E-state index in [2.05, 4.69) is 41.8 Å². The highest BCUT2D eigenvalue weighted by atomic mass is 19.3. The molecule has 1 saturated carbocycles. The molecule has 0 aromatic heterocycles. The Labute approximate surface area is 205 Å². The number of hydrogen-bond donors (Lipinski definition) is 1. The van der Waals surface area contributed by atoms with Crippen LogP contribution in [0, 0.1) is 5.92 Å². The number of nitrogens with one attached hydrogen (secondary N) is 1. The highest BCUT2D eigenvalue weighted by molar-refractivity contribution is 5.91. The Balaban J connectivity index is 1.52. The Bertz CT molecular complexity index is 1040. The number of benzene rings is 1.